The molecule has 0 saturated carbocycles. The summed E-state index contributed by atoms with van der Waals surface area (Å²) in [6.45, 7) is 2.78. The van der Waals surface area contributed by atoms with Crippen LogP contribution in [0.5, 0.6) is 0 Å². The smallest absolute Gasteiger partial charge is 0.124 e. The molecule has 0 bridgehead atoms. The lowest BCUT2D eigenvalue weighted by molar-refractivity contribution is 0.0317. The van der Waals surface area contributed by atoms with Crippen LogP contribution in [0, 0.1) is 11.7 Å². The summed E-state index contributed by atoms with van der Waals surface area (Å²) < 4.78 is 19.5. The second kappa shape index (κ2) is 6.13. The van der Waals surface area contributed by atoms with Crippen LogP contribution in [0.25, 0.3) is 0 Å². The van der Waals surface area contributed by atoms with Crippen LogP contribution in [-0.4, -0.2) is 23.9 Å². The van der Waals surface area contributed by atoms with Crippen molar-refractivity contribution in [2.24, 2.45) is 5.92 Å². The molecule has 1 aliphatic rings. The molecule has 0 amide bonds. The molecule has 0 aromatic heterocycles. The van der Waals surface area contributed by atoms with E-state index in [1.54, 1.807) is 0 Å². The van der Waals surface area contributed by atoms with Gasteiger partial charge >= 0.3 is 0 Å². The van der Waals surface area contributed by atoms with Gasteiger partial charge in [0, 0.05) is 17.0 Å². The quantitative estimate of drug-likeness (QED) is 0.923. The van der Waals surface area contributed by atoms with Crippen molar-refractivity contribution in [3.63, 3.8) is 0 Å². The lowest BCUT2D eigenvalue weighted by Gasteiger charge is -2.22. The van der Waals surface area contributed by atoms with Gasteiger partial charge in [0.2, 0.25) is 0 Å². The van der Waals surface area contributed by atoms with E-state index in [1.165, 1.54) is 12.1 Å². The summed E-state index contributed by atoms with van der Waals surface area (Å²) in [6, 6.07) is 4.75. The van der Waals surface area contributed by atoms with Gasteiger partial charge < -0.3 is 9.84 Å². The Morgan fingerprint density at radius 3 is 2.94 bits per heavy atom. The van der Waals surface area contributed by atoms with E-state index in [0.717, 1.165) is 18.4 Å². The van der Waals surface area contributed by atoms with Gasteiger partial charge in [-0.25, -0.2) is 4.39 Å². The van der Waals surface area contributed by atoms with Crippen LogP contribution in [0.4, 0.5) is 4.39 Å². The standard InChI is InChI=1S/C14H18BrFO2/c1-2-14-12(3-4-18-14)13(17)7-9-5-10(15)8-11(16)6-9/h5-6,8,12-14,17H,2-4,7H2,1H3. The number of rotatable bonds is 4. The molecule has 1 aromatic rings. The van der Waals surface area contributed by atoms with E-state index in [0.29, 0.717) is 17.5 Å². The fraction of sp³-hybridized carbons (Fsp3) is 0.571. The predicted molar refractivity (Wildman–Crippen MR) is 71.9 cm³/mol. The Morgan fingerprint density at radius 2 is 2.28 bits per heavy atom. The van der Waals surface area contributed by atoms with Gasteiger partial charge in [0.15, 0.2) is 0 Å². The molecule has 1 heterocycles. The minimum Gasteiger partial charge on any atom is -0.392 e. The molecular formula is C14H18BrFO2. The van der Waals surface area contributed by atoms with Crippen LogP contribution in [0.3, 0.4) is 0 Å². The largest absolute Gasteiger partial charge is 0.392 e. The van der Waals surface area contributed by atoms with Gasteiger partial charge in [-0.3, -0.25) is 0 Å². The minimum absolute atomic E-state index is 0.136. The summed E-state index contributed by atoms with van der Waals surface area (Å²) >= 11 is 3.27. The van der Waals surface area contributed by atoms with Crippen LogP contribution >= 0.6 is 15.9 Å². The highest BCUT2D eigenvalue weighted by Gasteiger charge is 2.32. The maximum Gasteiger partial charge on any atom is 0.124 e. The van der Waals surface area contributed by atoms with Crippen molar-refractivity contribution in [2.75, 3.05) is 6.61 Å². The molecule has 3 atom stereocenters. The Hall–Kier alpha value is -0.450. The average molecular weight is 317 g/mol. The van der Waals surface area contributed by atoms with Crippen LogP contribution < -0.4 is 0 Å². The number of aliphatic hydroxyl groups is 1. The monoisotopic (exact) mass is 316 g/mol. The summed E-state index contributed by atoms with van der Waals surface area (Å²) in [5.74, 6) is -0.113. The topological polar surface area (TPSA) is 29.5 Å². The van der Waals surface area contributed by atoms with E-state index in [9.17, 15) is 9.50 Å². The van der Waals surface area contributed by atoms with Crippen molar-refractivity contribution < 1.29 is 14.2 Å². The number of aliphatic hydroxyl groups excluding tert-OH is 1. The lowest BCUT2D eigenvalue weighted by Crippen LogP contribution is -2.29. The molecule has 4 heteroatoms. The van der Waals surface area contributed by atoms with Gasteiger partial charge in [-0.2, -0.15) is 0 Å². The number of benzene rings is 1. The normalized spacial score (nSPS) is 25.3. The van der Waals surface area contributed by atoms with E-state index in [2.05, 4.69) is 22.9 Å². The van der Waals surface area contributed by atoms with Gasteiger partial charge in [0.1, 0.15) is 5.82 Å². The van der Waals surface area contributed by atoms with Crippen molar-refractivity contribution in [2.45, 2.75) is 38.4 Å². The highest BCUT2D eigenvalue weighted by molar-refractivity contribution is 9.10. The molecular weight excluding hydrogens is 299 g/mol. The van der Waals surface area contributed by atoms with E-state index in [-0.39, 0.29) is 17.8 Å². The van der Waals surface area contributed by atoms with E-state index >= 15 is 0 Å². The zero-order valence-corrected chi connectivity index (χ0v) is 12.0. The molecule has 0 aliphatic carbocycles. The molecule has 18 heavy (non-hydrogen) atoms. The summed E-state index contributed by atoms with van der Waals surface area (Å²) in [6.07, 6.45) is 1.94. The molecule has 2 rings (SSSR count). The molecule has 0 spiro atoms. The van der Waals surface area contributed by atoms with E-state index in [1.807, 2.05) is 6.07 Å². The number of halogens is 2. The molecule has 3 unspecified atom stereocenters. The maximum absolute atomic E-state index is 13.3. The maximum atomic E-state index is 13.3. The van der Waals surface area contributed by atoms with Crippen molar-refractivity contribution in [1.29, 1.82) is 0 Å². The molecule has 2 nitrogen and oxygen atoms in total. The summed E-state index contributed by atoms with van der Waals surface area (Å²) in [4.78, 5) is 0. The van der Waals surface area contributed by atoms with Gasteiger partial charge in [0.25, 0.3) is 0 Å². The highest BCUT2D eigenvalue weighted by atomic mass is 79.9. The molecule has 1 fully saturated rings. The van der Waals surface area contributed by atoms with Crippen LogP contribution in [-0.2, 0) is 11.2 Å². The second-order valence-electron chi connectivity index (χ2n) is 4.82. The summed E-state index contributed by atoms with van der Waals surface area (Å²) in [7, 11) is 0. The Balaban J connectivity index is 2.04. The first-order chi connectivity index (χ1) is 8.60. The van der Waals surface area contributed by atoms with Crippen LogP contribution in [0.15, 0.2) is 22.7 Å². The molecule has 1 aliphatic heterocycles. The number of ether oxygens (including phenoxy) is 1. The lowest BCUT2D eigenvalue weighted by atomic mass is 9.89. The Labute approximate surface area is 115 Å². The fourth-order valence-corrected chi connectivity index (χ4v) is 3.16. The summed E-state index contributed by atoms with van der Waals surface area (Å²) in [5, 5.41) is 10.3. The summed E-state index contributed by atoms with van der Waals surface area (Å²) in [5.41, 5.74) is 0.816. The average Bonchev–Trinajstić information content (AvgIpc) is 2.75. The van der Waals surface area contributed by atoms with Crippen molar-refractivity contribution in [1.82, 2.24) is 0 Å². The van der Waals surface area contributed by atoms with Gasteiger partial charge in [0.05, 0.1) is 12.2 Å². The Kier molecular flexibility index (Phi) is 4.76. The molecule has 0 radical (unpaired) electrons. The molecule has 1 aromatic carbocycles. The Bertz CT molecular complexity index is 391. The van der Waals surface area contributed by atoms with Crippen LogP contribution in [0.2, 0.25) is 0 Å². The minimum atomic E-state index is -0.467. The third kappa shape index (κ3) is 3.31. The van der Waals surface area contributed by atoms with Crippen molar-refractivity contribution in [3.05, 3.63) is 34.1 Å². The van der Waals surface area contributed by atoms with Crippen molar-refractivity contribution in [3.8, 4) is 0 Å². The first kappa shape index (κ1) is 14.0. The zero-order valence-electron chi connectivity index (χ0n) is 10.4. The molecule has 1 saturated heterocycles. The van der Waals surface area contributed by atoms with Crippen molar-refractivity contribution >= 4 is 15.9 Å². The number of hydrogen-bond donors (Lipinski definition) is 1. The van der Waals surface area contributed by atoms with Gasteiger partial charge in [-0.15, -0.1) is 0 Å². The first-order valence-corrected chi connectivity index (χ1v) is 7.14. The zero-order chi connectivity index (χ0) is 13.1. The predicted octanol–water partition coefficient (Wildman–Crippen LogP) is 3.31. The SMILES string of the molecule is CCC1OCCC1C(O)Cc1cc(F)cc(Br)c1. The fourth-order valence-electron chi connectivity index (χ4n) is 2.65. The Morgan fingerprint density at radius 1 is 1.50 bits per heavy atom. The molecule has 100 valence electrons. The first-order valence-electron chi connectivity index (χ1n) is 6.34. The second-order valence-corrected chi connectivity index (χ2v) is 5.73. The van der Waals surface area contributed by atoms with E-state index < -0.39 is 6.10 Å². The van der Waals surface area contributed by atoms with Gasteiger partial charge in [-0.1, -0.05) is 22.9 Å². The van der Waals surface area contributed by atoms with Gasteiger partial charge in [-0.05, 0) is 43.0 Å². The third-order valence-electron chi connectivity index (χ3n) is 3.52. The van der Waals surface area contributed by atoms with E-state index in [4.69, 9.17) is 4.74 Å². The molecule has 1 N–H and O–H groups in total. The van der Waals surface area contributed by atoms with Crippen LogP contribution in [0.1, 0.15) is 25.3 Å². The number of hydrogen-bond acceptors (Lipinski definition) is 2. The third-order valence-corrected chi connectivity index (χ3v) is 3.98. The highest BCUT2D eigenvalue weighted by Crippen LogP contribution is 2.28.